The second kappa shape index (κ2) is 5.33. The van der Waals surface area contributed by atoms with Crippen molar-refractivity contribution in [3.05, 3.63) is 21.9 Å². The molecule has 0 fully saturated rings. The van der Waals surface area contributed by atoms with Crippen molar-refractivity contribution in [3.63, 3.8) is 0 Å². The number of aryl methyl sites for hydroxylation is 1. The minimum atomic E-state index is -0.129. The molecule has 1 nitrogen and oxygen atoms in total. The van der Waals surface area contributed by atoms with Gasteiger partial charge in [-0.2, -0.15) is 0 Å². The van der Waals surface area contributed by atoms with E-state index in [1.807, 2.05) is 11.3 Å². The van der Waals surface area contributed by atoms with Gasteiger partial charge in [-0.05, 0) is 55.0 Å². The van der Waals surface area contributed by atoms with E-state index in [4.69, 9.17) is 0 Å². The molecule has 0 bridgehead atoms. The highest BCUT2D eigenvalue weighted by molar-refractivity contribution is 7.10. The Bertz CT molecular complexity index is 329. The summed E-state index contributed by atoms with van der Waals surface area (Å²) in [4.78, 5) is 1.51. The van der Waals surface area contributed by atoms with Gasteiger partial charge in [0.15, 0.2) is 0 Å². The molecular formula is C14H22OS. The van der Waals surface area contributed by atoms with Gasteiger partial charge < -0.3 is 5.11 Å². The van der Waals surface area contributed by atoms with Crippen LogP contribution in [0.3, 0.4) is 0 Å². The molecule has 0 aliphatic heterocycles. The first kappa shape index (κ1) is 12.1. The lowest BCUT2D eigenvalue weighted by molar-refractivity contribution is 0.119. The molecule has 1 aliphatic carbocycles. The molecule has 16 heavy (non-hydrogen) atoms. The van der Waals surface area contributed by atoms with E-state index in [2.05, 4.69) is 25.3 Å². The zero-order valence-corrected chi connectivity index (χ0v) is 11.1. The highest BCUT2D eigenvalue weighted by Crippen LogP contribution is 2.38. The SMILES string of the molecule is CC(C)CCC(O)C1CCCc2sccc21. The maximum absolute atomic E-state index is 10.3. The molecule has 0 saturated heterocycles. The predicted molar refractivity (Wildman–Crippen MR) is 70.1 cm³/mol. The molecule has 0 saturated carbocycles. The van der Waals surface area contributed by atoms with E-state index in [0.29, 0.717) is 11.8 Å². The maximum Gasteiger partial charge on any atom is 0.0609 e. The van der Waals surface area contributed by atoms with Crippen LogP contribution in [-0.2, 0) is 6.42 Å². The molecule has 0 spiro atoms. The lowest BCUT2D eigenvalue weighted by Crippen LogP contribution is -2.22. The standard InChI is InChI=1S/C14H22OS/c1-10(2)6-7-13(15)11-4-3-5-14-12(11)8-9-16-14/h8-11,13,15H,3-7H2,1-2H3. The van der Waals surface area contributed by atoms with Crippen molar-refractivity contribution in [2.45, 2.75) is 58.0 Å². The average molecular weight is 238 g/mol. The Morgan fingerprint density at radius 1 is 1.44 bits per heavy atom. The van der Waals surface area contributed by atoms with Crippen LogP contribution in [0.4, 0.5) is 0 Å². The topological polar surface area (TPSA) is 20.2 Å². The summed E-state index contributed by atoms with van der Waals surface area (Å²) in [5.74, 6) is 1.11. The zero-order valence-electron chi connectivity index (χ0n) is 10.3. The summed E-state index contributed by atoms with van der Waals surface area (Å²) in [6.07, 6.45) is 5.60. The van der Waals surface area contributed by atoms with Crippen LogP contribution >= 0.6 is 11.3 Å². The quantitative estimate of drug-likeness (QED) is 0.841. The molecule has 2 heteroatoms. The van der Waals surface area contributed by atoms with E-state index >= 15 is 0 Å². The summed E-state index contributed by atoms with van der Waals surface area (Å²) < 4.78 is 0. The molecule has 1 aromatic rings. The van der Waals surface area contributed by atoms with Gasteiger partial charge in [-0.15, -0.1) is 11.3 Å². The van der Waals surface area contributed by atoms with E-state index in [-0.39, 0.29) is 6.10 Å². The fraction of sp³-hybridized carbons (Fsp3) is 0.714. The Kier molecular flexibility index (Phi) is 4.04. The molecule has 1 heterocycles. The minimum absolute atomic E-state index is 0.129. The third-order valence-corrected chi connectivity index (χ3v) is 4.60. The summed E-state index contributed by atoms with van der Waals surface area (Å²) in [7, 11) is 0. The maximum atomic E-state index is 10.3. The van der Waals surface area contributed by atoms with Crippen LogP contribution in [0.15, 0.2) is 11.4 Å². The molecule has 0 radical (unpaired) electrons. The number of rotatable bonds is 4. The smallest absolute Gasteiger partial charge is 0.0609 e. The molecule has 0 aromatic carbocycles. The van der Waals surface area contributed by atoms with Gasteiger partial charge >= 0.3 is 0 Å². The number of thiophene rings is 1. The third kappa shape index (κ3) is 2.67. The fourth-order valence-corrected chi connectivity index (χ4v) is 3.62. The Morgan fingerprint density at radius 3 is 3.00 bits per heavy atom. The van der Waals surface area contributed by atoms with E-state index in [0.717, 1.165) is 12.8 Å². The molecule has 2 rings (SSSR count). The highest BCUT2D eigenvalue weighted by Gasteiger charge is 2.27. The van der Waals surface area contributed by atoms with Crippen LogP contribution in [0.1, 0.15) is 55.9 Å². The number of fused-ring (bicyclic) bond motifs is 1. The second-order valence-corrected chi connectivity index (χ2v) is 6.34. The number of hydrogen-bond donors (Lipinski definition) is 1. The van der Waals surface area contributed by atoms with Gasteiger partial charge in [0.1, 0.15) is 0 Å². The van der Waals surface area contributed by atoms with Gasteiger partial charge in [-0.1, -0.05) is 13.8 Å². The van der Waals surface area contributed by atoms with Crippen molar-refractivity contribution in [2.24, 2.45) is 5.92 Å². The van der Waals surface area contributed by atoms with Crippen LogP contribution in [0.25, 0.3) is 0 Å². The lowest BCUT2D eigenvalue weighted by Gasteiger charge is -2.27. The van der Waals surface area contributed by atoms with Crippen LogP contribution in [-0.4, -0.2) is 11.2 Å². The van der Waals surface area contributed by atoms with Crippen molar-refractivity contribution in [3.8, 4) is 0 Å². The number of aliphatic hydroxyl groups excluding tert-OH is 1. The van der Waals surface area contributed by atoms with E-state index in [9.17, 15) is 5.11 Å². The normalized spacial score (nSPS) is 22.1. The summed E-state index contributed by atoms with van der Waals surface area (Å²) in [5, 5.41) is 12.5. The molecule has 0 amide bonds. The molecular weight excluding hydrogens is 216 g/mol. The second-order valence-electron chi connectivity index (χ2n) is 5.34. The Labute approximate surface area is 103 Å². The summed E-state index contributed by atoms with van der Waals surface area (Å²) in [5.41, 5.74) is 1.44. The molecule has 1 aliphatic rings. The predicted octanol–water partition coefficient (Wildman–Crippen LogP) is 3.97. The highest BCUT2D eigenvalue weighted by atomic mass is 32.1. The van der Waals surface area contributed by atoms with Crippen molar-refractivity contribution >= 4 is 11.3 Å². The summed E-state index contributed by atoms with van der Waals surface area (Å²) >= 11 is 1.86. The van der Waals surface area contributed by atoms with Crippen LogP contribution in [0.2, 0.25) is 0 Å². The van der Waals surface area contributed by atoms with Gasteiger partial charge in [0.2, 0.25) is 0 Å². The third-order valence-electron chi connectivity index (χ3n) is 3.60. The minimum Gasteiger partial charge on any atom is -0.392 e. The van der Waals surface area contributed by atoms with Crippen LogP contribution in [0.5, 0.6) is 0 Å². The molecule has 2 unspecified atom stereocenters. The first-order chi connectivity index (χ1) is 7.68. The van der Waals surface area contributed by atoms with Gasteiger partial charge in [0, 0.05) is 10.8 Å². The van der Waals surface area contributed by atoms with E-state index in [1.54, 1.807) is 0 Å². The van der Waals surface area contributed by atoms with Gasteiger partial charge in [-0.3, -0.25) is 0 Å². The summed E-state index contributed by atoms with van der Waals surface area (Å²) in [6.45, 7) is 4.45. The first-order valence-electron chi connectivity index (χ1n) is 6.43. The fourth-order valence-electron chi connectivity index (χ4n) is 2.63. The van der Waals surface area contributed by atoms with Gasteiger partial charge in [0.05, 0.1) is 6.10 Å². The van der Waals surface area contributed by atoms with E-state index in [1.165, 1.54) is 29.7 Å². The van der Waals surface area contributed by atoms with Gasteiger partial charge in [0.25, 0.3) is 0 Å². The van der Waals surface area contributed by atoms with E-state index < -0.39 is 0 Å². The van der Waals surface area contributed by atoms with Crippen LogP contribution in [0, 0.1) is 5.92 Å². The molecule has 90 valence electrons. The van der Waals surface area contributed by atoms with Crippen molar-refractivity contribution < 1.29 is 5.11 Å². The number of hydrogen-bond acceptors (Lipinski definition) is 2. The largest absolute Gasteiger partial charge is 0.392 e. The monoisotopic (exact) mass is 238 g/mol. The Balaban J connectivity index is 2.00. The van der Waals surface area contributed by atoms with Crippen LogP contribution < -0.4 is 0 Å². The van der Waals surface area contributed by atoms with Crippen molar-refractivity contribution in [2.75, 3.05) is 0 Å². The molecule has 2 atom stereocenters. The molecule has 1 N–H and O–H groups in total. The molecule has 1 aromatic heterocycles. The van der Waals surface area contributed by atoms with Gasteiger partial charge in [-0.25, -0.2) is 0 Å². The lowest BCUT2D eigenvalue weighted by atomic mass is 9.82. The Morgan fingerprint density at radius 2 is 2.25 bits per heavy atom. The van der Waals surface area contributed by atoms with Crippen molar-refractivity contribution in [1.29, 1.82) is 0 Å². The zero-order chi connectivity index (χ0) is 11.5. The van der Waals surface area contributed by atoms with Crippen molar-refractivity contribution in [1.82, 2.24) is 0 Å². The first-order valence-corrected chi connectivity index (χ1v) is 7.30. The number of aliphatic hydroxyl groups is 1. The Hall–Kier alpha value is -0.340. The average Bonchev–Trinajstić information content (AvgIpc) is 2.73. The summed E-state index contributed by atoms with van der Waals surface area (Å²) in [6, 6.07) is 2.22.